The predicted molar refractivity (Wildman–Crippen MR) is 129 cm³/mol. The lowest BCUT2D eigenvalue weighted by molar-refractivity contribution is 0.0905. The molecule has 202 valence electrons. The van der Waals surface area contributed by atoms with Crippen LogP contribution in [0.3, 0.4) is 0 Å². The summed E-state index contributed by atoms with van der Waals surface area (Å²) < 4.78 is 23.7. The zero-order chi connectivity index (χ0) is 27.1. The Morgan fingerprint density at radius 3 is 1.56 bits per heavy atom. The van der Waals surface area contributed by atoms with Gasteiger partial charge in [0, 0.05) is 47.9 Å². The topological polar surface area (TPSA) is 223 Å². The highest BCUT2D eigenvalue weighted by molar-refractivity contribution is 7.51. The second-order valence-corrected chi connectivity index (χ2v) is 11.6. The molecule has 0 fully saturated rings. The number of benzene rings is 2. The highest BCUT2D eigenvalue weighted by Gasteiger charge is 2.30. The van der Waals surface area contributed by atoms with Crippen molar-refractivity contribution in [1.29, 1.82) is 0 Å². The monoisotopic (exact) mass is 550 g/mol. The second-order valence-electron chi connectivity index (χ2n) is 8.37. The molecule has 2 aromatic carbocycles. The minimum absolute atomic E-state index is 0.187. The molecule has 0 aliphatic carbocycles. The van der Waals surface area contributed by atoms with Crippen LogP contribution in [0.25, 0.3) is 0 Å². The minimum atomic E-state index is -4.69. The molecule has 0 amide bonds. The van der Waals surface area contributed by atoms with Crippen molar-refractivity contribution in [3.8, 4) is 11.5 Å². The fourth-order valence-corrected chi connectivity index (χ4v) is 5.35. The van der Waals surface area contributed by atoms with E-state index >= 15 is 0 Å². The quantitative estimate of drug-likeness (QED) is 0.142. The van der Waals surface area contributed by atoms with Crippen LogP contribution in [0.5, 0.6) is 11.5 Å². The fraction of sp³-hybridized carbons (Fsp3) is 0.429. The van der Waals surface area contributed by atoms with Crippen LogP contribution in [-0.2, 0) is 35.4 Å². The molecule has 0 aliphatic heterocycles. The summed E-state index contributed by atoms with van der Waals surface area (Å²) in [5, 5.41) is 49.6. The Bertz CT molecular complexity index is 1110. The number of aliphatic hydroxyl groups excluding tert-OH is 3. The van der Waals surface area contributed by atoms with E-state index in [9.17, 15) is 54.2 Å². The van der Waals surface area contributed by atoms with Crippen molar-refractivity contribution >= 4 is 15.2 Å². The van der Waals surface area contributed by atoms with E-state index < -0.39 is 53.6 Å². The van der Waals surface area contributed by atoms with E-state index in [2.05, 4.69) is 0 Å². The van der Waals surface area contributed by atoms with Crippen LogP contribution in [0.2, 0.25) is 0 Å². The second kappa shape index (κ2) is 13.1. The van der Waals surface area contributed by atoms with Gasteiger partial charge in [0.25, 0.3) is 0 Å². The maximum Gasteiger partial charge on any atom is 0.339 e. The zero-order valence-corrected chi connectivity index (χ0v) is 21.1. The van der Waals surface area contributed by atoms with E-state index in [0.29, 0.717) is 0 Å². The van der Waals surface area contributed by atoms with E-state index in [4.69, 9.17) is 0 Å². The largest absolute Gasteiger partial charge is 0.507 e. The van der Waals surface area contributed by atoms with Gasteiger partial charge in [-0.05, 0) is 0 Å². The number of nitrogens with zero attached hydrogens (tertiary/aromatic N) is 2. The summed E-state index contributed by atoms with van der Waals surface area (Å²) in [7, 11) is -9.33. The summed E-state index contributed by atoms with van der Waals surface area (Å²) in [6.45, 7) is -2.37. The highest BCUT2D eigenvalue weighted by Crippen LogP contribution is 2.39. The van der Waals surface area contributed by atoms with Gasteiger partial charge in [-0.15, -0.1) is 0 Å². The van der Waals surface area contributed by atoms with Gasteiger partial charge in [0.2, 0.25) is 0 Å². The molecule has 13 nitrogen and oxygen atoms in total. The smallest absolute Gasteiger partial charge is 0.339 e. The molecule has 0 aliphatic rings. The van der Waals surface area contributed by atoms with Crippen molar-refractivity contribution < 1.29 is 54.2 Å². The SMILES string of the molecule is O=P(O)(O)CN(Cc1cccc(CO)c1O)C[C@@H](CO)N(Cc1cccc(CO)c1O)CP(=O)(O)O. The van der Waals surface area contributed by atoms with E-state index in [1.165, 1.54) is 46.2 Å². The Morgan fingerprint density at radius 1 is 0.694 bits per heavy atom. The zero-order valence-electron chi connectivity index (χ0n) is 19.3. The van der Waals surface area contributed by atoms with Gasteiger partial charge in [0.1, 0.15) is 24.1 Å². The molecule has 0 unspecified atom stereocenters. The molecule has 0 saturated heterocycles. The lowest BCUT2D eigenvalue weighted by atomic mass is 10.1. The minimum Gasteiger partial charge on any atom is -0.507 e. The van der Waals surface area contributed by atoms with Crippen LogP contribution >= 0.6 is 15.2 Å². The molecule has 2 rings (SSSR count). The van der Waals surface area contributed by atoms with Gasteiger partial charge < -0.3 is 45.1 Å². The van der Waals surface area contributed by atoms with Gasteiger partial charge in [-0.1, -0.05) is 36.4 Å². The number of hydrogen-bond acceptors (Lipinski definition) is 9. The highest BCUT2D eigenvalue weighted by atomic mass is 31.2. The molecular formula is C21H32N2O11P2. The molecule has 2 aromatic rings. The van der Waals surface area contributed by atoms with E-state index in [-0.39, 0.29) is 53.4 Å². The third-order valence-corrected chi connectivity index (χ3v) is 6.96. The molecule has 9 N–H and O–H groups in total. The van der Waals surface area contributed by atoms with Gasteiger partial charge in [0.15, 0.2) is 0 Å². The molecule has 0 bridgehead atoms. The molecular weight excluding hydrogens is 518 g/mol. The van der Waals surface area contributed by atoms with Crippen LogP contribution in [0.15, 0.2) is 36.4 Å². The van der Waals surface area contributed by atoms with E-state index in [0.717, 1.165) is 0 Å². The summed E-state index contributed by atoms with van der Waals surface area (Å²) in [4.78, 5) is 40.8. The van der Waals surface area contributed by atoms with Crippen molar-refractivity contribution in [2.24, 2.45) is 0 Å². The number of hydrogen-bond donors (Lipinski definition) is 9. The third-order valence-electron chi connectivity index (χ3n) is 5.46. The Balaban J connectivity index is 2.40. The number of rotatable bonds is 14. The van der Waals surface area contributed by atoms with Crippen molar-refractivity contribution in [1.82, 2.24) is 9.80 Å². The molecule has 0 saturated carbocycles. The van der Waals surface area contributed by atoms with Crippen LogP contribution < -0.4 is 0 Å². The molecule has 0 spiro atoms. The summed E-state index contributed by atoms with van der Waals surface area (Å²) in [6.07, 6.45) is -1.63. The standard InChI is InChI=1S/C21H32N2O11P2/c24-10-17-5-1-3-15(20(17)27)7-22(13-35(29,30)31)9-19(12-26)23(14-36(32,33)34)8-16-4-2-6-18(11-25)21(16)28/h1-6,19,24-28H,7-14H2,(H2,29,30,31)(H2,32,33,34)/t19-/m0/s1. The van der Waals surface area contributed by atoms with E-state index in [1.54, 1.807) is 0 Å². The molecule has 1 atom stereocenters. The summed E-state index contributed by atoms with van der Waals surface area (Å²) in [5.74, 6) is -0.556. The van der Waals surface area contributed by atoms with Gasteiger partial charge in [-0.3, -0.25) is 18.9 Å². The van der Waals surface area contributed by atoms with Gasteiger partial charge in [-0.2, -0.15) is 0 Å². The Kier molecular flexibility index (Phi) is 11.0. The van der Waals surface area contributed by atoms with Crippen LogP contribution in [0.4, 0.5) is 0 Å². The van der Waals surface area contributed by atoms with E-state index in [1.807, 2.05) is 0 Å². The third kappa shape index (κ3) is 9.22. The van der Waals surface area contributed by atoms with Crippen molar-refractivity contribution in [2.75, 3.05) is 25.7 Å². The Morgan fingerprint density at radius 2 is 1.14 bits per heavy atom. The van der Waals surface area contributed by atoms with Crippen molar-refractivity contribution in [3.05, 3.63) is 58.7 Å². The molecule has 0 aromatic heterocycles. The molecule has 36 heavy (non-hydrogen) atoms. The molecule has 15 heteroatoms. The first-order valence-electron chi connectivity index (χ1n) is 10.8. The van der Waals surface area contributed by atoms with Gasteiger partial charge in [-0.25, -0.2) is 0 Å². The van der Waals surface area contributed by atoms with Gasteiger partial charge >= 0.3 is 15.2 Å². The summed E-state index contributed by atoms with van der Waals surface area (Å²) in [6, 6.07) is 7.90. The summed E-state index contributed by atoms with van der Waals surface area (Å²) >= 11 is 0. The van der Waals surface area contributed by atoms with Crippen LogP contribution in [-0.4, -0.2) is 86.7 Å². The van der Waals surface area contributed by atoms with Crippen LogP contribution in [0.1, 0.15) is 22.3 Å². The first-order chi connectivity index (χ1) is 16.8. The summed E-state index contributed by atoms with van der Waals surface area (Å²) in [5.41, 5.74) is 0.834. The normalized spacial score (nSPS) is 13.5. The average Bonchev–Trinajstić information content (AvgIpc) is 2.77. The maximum absolute atomic E-state index is 11.9. The number of aliphatic hydroxyl groups is 3. The maximum atomic E-state index is 11.9. The number of aromatic hydroxyl groups is 2. The number of para-hydroxylation sites is 2. The van der Waals surface area contributed by atoms with Crippen molar-refractivity contribution in [2.45, 2.75) is 32.3 Å². The van der Waals surface area contributed by atoms with Gasteiger partial charge in [0.05, 0.1) is 19.8 Å². The first kappa shape index (κ1) is 30.4. The lowest BCUT2D eigenvalue weighted by Gasteiger charge is -2.35. The Hall–Kier alpha value is -1.86. The van der Waals surface area contributed by atoms with Crippen molar-refractivity contribution in [3.63, 3.8) is 0 Å². The first-order valence-corrected chi connectivity index (χ1v) is 14.3. The molecule has 0 heterocycles. The predicted octanol–water partition coefficient (Wildman–Crippen LogP) is 0.0179. The number of phenols is 2. The fourth-order valence-electron chi connectivity index (χ4n) is 3.81. The average molecular weight is 550 g/mol. The van der Waals surface area contributed by atoms with Crippen LogP contribution in [0, 0.1) is 0 Å². The lowest BCUT2D eigenvalue weighted by Crippen LogP contribution is -2.46. The Labute approximate surface area is 207 Å². The molecule has 0 radical (unpaired) electrons.